The maximum Gasteiger partial charge on any atom is 0.301 e. The van der Waals surface area contributed by atoms with E-state index in [1.807, 2.05) is 0 Å². The van der Waals surface area contributed by atoms with Crippen LogP contribution in [0.2, 0.25) is 0 Å². The largest absolute Gasteiger partial charge is 0.387 e. The fourth-order valence-electron chi connectivity index (χ4n) is 2.70. The number of hydrogen-bond acceptors (Lipinski definition) is 10. The van der Waals surface area contributed by atoms with Crippen molar-refractivity contribution in [2.24, 2.45) is 5.10 Å². The van der Waals surface area contributed by atoms with Gasteiger partial charge in [0.1, 0.15) is 24.0 Å². The van der Waals surface area contributed by atoms with Crippen LogP contribution in [0.4, 0.5) is 17.1 Å². The molecule has 2 N–H and O–H groups in total. The van der Waals surface area contributed by atoms with Crippen molar-refractivity contribution in [1.82, 2.24) is 0 Å². The quantitative estimate of drug-likeness (QED) is 0.441. The van der Waals surface area contributed by atoms with E-state index in [1.165, 1.54) is 12.3 Å². The van der Waals surface area contributed by atoms with Gasteiger partial charge in [0.05, 0.1) is 22.1 Å². The molecule has 0 bridgehead atoms. The average Bonchev–Trinajstić information content (AvgIpc) is 3.00. The Morgan fingerprint density at radius 2 is 2.00 bits per heavy atom. The molecule has 0 radical (unpaired) electrons. The molecule has 0 aliphatic carbocycles. The monoisotopic (exact) mass is 368 g/mol. The van der Waals surface area contributed by atoms with Gasteiger partial charge >= 0.3 is 5.69 Å². The van der Waals surface area contributed by atoms with Gasteiger partial charge in [-0.2, -0.15) is 5.10 Å². The number of aliphatic hydroxyl groups is 1. The molecule has 12 nitrogen and oxygen atoms in total. The molecular formula is C14H16N4O8. The van der Waals surface area contributed by atoms with Crippen molar-refractivity contribution in [3.8, 4) is 0 Å². The van der Waals surface area contributed by atoms with E-state index in [-0.39, 0.29) is 5.69 Å². The lowest BCUT2D eigenvalue weighted by atomic mass is 10.1. The SMILES string of the molecule is CC1(C)OC2OC(C=NNc3ccc([N+](=O)[O-])cc3[N+](=O)[O-])C(O)C2O1. The van der Waals surface area contributed by atoms with Crippen LogP contribution in [0.25, 0.3) is 0 Å². The van der Waals surface area contributed by atoms with Crippen molar-refractivity contribution in [3.63, 3.8) is 0 Å². The minimum Gasteiger partial charge on any atom is -0.387 e. The van der Waals surface area contributed by atoms with Gasteiger partial charge in [0.25, 0.3) is 5.69 Å². The second-order valence-electron chi connectivity index (χ2n) is 6.17. The number of fused-ring (bicyclic) bond motifs is 1. The Morgan fingerprint density at radius 1 is 1.27 bits per heavy atom. The third-order valence-corrected chi connectivity index (χ3v) is 3.85. The predicted octanol–water partition coefficient (Wildman–Crippen LogP) is 1.14. The predicted molar refractivity (Wildman–Crippen MR) is 86.6 cm³/mol. The maximum absolute atomic E-state index is 11.1. The van der Waals surface area contributed by atoms with Gasteiger partial charge in [-0.25, -0.2) is 0 Å². The van der Waals surface area contributed by atoms with E-state index in [0.717, 1.165) is 12.1 Å². The molecule has 12 heteroatoms. The molecule has 0 spiro atoms. The third-order valence-electron chi connectivity index (χ3n) is 3.85. The number of nitro benzene ring substituents is 2. The number of nitrogens with one attached hydrogen (secondary N) is 1. The van der Waals surface area contributed by atoms with E-state index in [9.17, 15) is 25.3 Å². The molecule has 2 heterocycles. The summed E-state index contributed by atoms with van der Waals surface area (Å²) in [5, 5.41) is 35.8. The van der Waals surface area contributed by atoms with Crippen LogP contribution in [-0.2, 0) is 14.2 Å². The summed E-state index contributed by atoms with van der Waals surface area (Å²) < 4.78 is 16.5. The summed E-state index contributed by atoms with van der Waals surface area (Å²) in [4.78, 5) is 20.3. The number of nitro groups is 2. The van der Waals surface area contributed by atoms with Crippen molar-refractivity contribution in [3.05, 3.63) is 38.4 Å². The molecule has 2 aliphatic rings. The highest BCUT2D eigenvalue weighted by molar-refractivity contribution is 5.69. The van der Waals surface area contributed by atoms with Gasteiger partial charge < -0.3 is 19.3 Å². The van der Waals surface area contributed by atoms with Crippen LogP contribution < -0.4 is 5.43 Å². The first-order valence-corrected chi connectivity index (χ1v) is 7.59. The van der Waals surface area contributed by atoms with Crippen LogP contribution in [0.15, 0.2) is 23.3 Å². The minimum atomic E-state index is -1.03. The zero-order chi connectivity index (χ0) is 19.1. The highest BCUT2D eigenvalue weighted by Gasteiger charge is 2.53. The summed E-state index contributed by atoms with van der Waals surface area (Å²) in [6, 6.07) is 3.11. The van der Waals surface area contributed by atoms with Gasteiger partial charge in [0, 0.05) is 6.07 Å². The lowest BCUT2D eigenvalue weighted by Gasteiger charge is -2.21. The topological polar surface area (TPSA) is 159 Å². The number of non-ortho nitro benzene ring substituents is 1. The first-order chi connectivity index (χ1) is 12.2. The summed E-state index contributed by atoms with van der Waals surface area (Å²) >= 11 is 0. The molecule has 26 heavy (non-hydrogen) atoms. The molecule has 3 rings (SSSR count). The molecule has 140 valence electrons. The summed E-state index contributed by atoms with van der Waals surface area (Å²) in [6.07, 6.45) is -2.07. The van der Waals surface area contributed by atoms with Crippen LogP contribution in [-0.4, -0.2) is 51.6 Å². The lowest BCUT2D eigenvalue weighted by molar-refractivity contribution is -0.393. The van der Waals surface area contributed by atoms with E-state index in [2.05, 4.69) is 10.5 Å². The van der Waals surface area contributed by atoms with E-state index in [0.29, 0.717) is 0 Å². The molecule has 2 saturated heterocycles. The second-order valence-corrected chi connectivity index (χ2v) is 6.17. The van der Waals surface area contributed by atoms with Crippen LogP contribution in [0.3, 0.4) is 0 Å². The average molecular weight is 368 g/mol. The van der Waals surface area contributed by atoms with Gasteiger partial charge in [-0.15, -0.1) is 0 Å². The Morgan fingerprint density at radius 3 is 2.62 bits per heavy atom. The lowest BCUT2D eigenvalue weighted by Crippen LogP contribution is -2.35. The van der Waals surface area contributed by atoms with Crippen molar-refractivity contribution < 1.29 is 29.2 Å². The number of hydrazone groups is 1. The fourth-order valence-corrected chi connectivity index (χ4v) is 2.70. The maximum atomic E-state index is 11.1. The van der Waals surface area contributed by atoms with E-state index < -0.39 is 51.6 Å². The summed E-state index contributed by atoms with van der Waals surface area (Å²) in [5.74, 6) is -0.865. The molecule has 2 aliphatic heterocycles. The smallest absolute Gasteiger partial charge is 0.301 e. The van der Waals surface area contributed by atoms with Gasteiger partial charge in [-0.1, -0.05) is 0 Å². The standard InChI is InChI=1S/C14H16N4O8/c1-14(2)25-12-11(19)10(24-13(12)26-14)6-15-16-8-4-3-7(17(20)21)5-9(8)18(22)23/h3-6,10-13,16,19H,1-2H3. The number of aliphatic hydroxyl groups excluding tert-OH is 1. The molecule has 2 fully saturated rings. The Labute approximate surface area is 146 Å². The summed E-state index contributed by atoms with van der Waals surface area (Å²) in [6.45, 7) is 3.39. The number of hydrogen-bond donors (Lipinski definition) is 2. The van der Waals surface area contributed by atoms with Crippen molar-refractivity contribution in [1.29, 1.82) is 0 Å². The zero-order valence-corrected chi connectivity index (χ0v) is 13.8. The Kier molecular flexibility index (Phi) is 4.58. The highest BCUT2D eigenvalue weighted by Crippen LogP contribution is 2.37. The van der Waals surface area contributed by atoms with Gasteiger partial charge in [-0.3, -0.25) is 25.7 Å². The van der Waals surface area contributed by atoms with Crippen molar-refractivity contribution in [2.75, 3.05) is 5.43 Å². The highest BCUT2D eigenvalue weighted by atomic mass is 16.8. The first kappa shape index (κ1) is 18.1. The van der Waals surface area contributed by atoms with E-state index >= 15 is 0 Å². The third kappa shape index (κ3) is 3.48. The van der Waals surface area contributed by atoms with Crippen LogP contribution in [0.1, 0.15) is 13.8 Å². The Hall–Kier alpha value is -2.67. The van der Waals surface area contributed by atoms with E-state index in [4.69, 9.17) is 14.2 Å². The number of anilines is 1. The normalized spacial score (nSPS) is 29.7. The summed E-state index contributed by atoms with van der Waals surface area (Å²) in [5.41, 5.74) is 1.46. The molecular weight excluding hydrogens is 352 g/mol. The van der Waals surface area contributed by atoms with Gasteiger partial charge in [0.15, 0.2) is 12.1 Å². The number of nitrogens with zero attached hydrogens (tertiary/aromatic N) is 3. The minimum absolute atomic E-state index is 0.0434. The molecule has 1 aromatic carbocycles. The molecule has 0 aromatic heterocycles. The Balaban J connectivity index is 1.68. The van der Waals surface area contributed by atoms with Crippen molar-refractivity contribution >= 4 is 23.3 Å². The number of ether oxygens (including phenoxy) is 3. The molecule has 0 amide bonds. The fraction of sp³-hybridized carbons (Fsp3) is 0.500. The Bertz CT molecular complexity index is 767. The molecule has 4 unspecified atom stereocenters. The molecule has 4 atom stereocenters. The second kappa shape index (κ2) is 6.57. The van der Waals surface area contributed by atoms with Crippen LogP contribution >= 0.6 is 0 Å². The van der Waals surface area contributed by atoms with E-state index in [1.54, 1.807) is 13.8 Å². The van der Waals surface area contributed by atoms with Crippen LogP contribution in [0.5, 0.6) is 0 Å². The zero-order valence-electron chi connectivity index (χ0n) is 13.8. The molecule has 1 aromatic rings. The van der Waals surface area contributed by atoms with Crippen molar-refractivity contribution in [2.45, 2.75) is 44.2 Å². The summed E-state index contributed by atoms with van der Waals surface area (Å²) in [7, 11) is 0. The number of benzene rings is 1. The van der Waals surface area contributed by atoms with Crippen LogP contribution in [0, 0.1) is 20.2 Å². The molecule has 0 saturated carbocycles. The first-order valence-electron chi connectivity index (χ1n) is 7.59. The van der Waals surface area contributed by atoms with Gasteiger partial charge in [-0.05, 0) is 19.9 Å². The number of rotatable bonds is 5. The van der Waals surface area contributed by atoms with Gasteiger partial charge in [0.2, 0.25) is 0 Å².